The van der Waals surface area contributed by atoms with Crippen LogP contribution in [0.2, 0.25) is 0 Å². The van der Waals surface area contributed by atoms with E-state index in [-0.39, 0.29) is 11.9 Å². The van der Waals surface area contributed by atoms with E-state index in [1.807, 2.05) is 6.07 Å². The van der Waals surface area contributed by atoms with Gasteiger partial charge in [0.15, 0.2) is 0 Å². The predicted molar refractivity (Wildman–Crippen MR) is 100 cm³/mol. The highest BCUT2D eigenvalue weighted by molar-refractivity contribution is 5.93. The molecule has 0 bridgehead atoms. The second-order valence-electron chi connectivity index (χ2n) is 6.67. The van der Waals surface area contributed by atoms with E-state index in [1.54, 1.807) is 31.2 Å². The standard InChI is InChI=1S/C20H23N5O/c1-14-22-18(20(26)25-16-8-4-2-3-5-9-16)12-19(23-14)24-17-10-6-7-15(11-17)13-21/h6-7,10-12,16H,2-5,8-9H2,1H3,(H,25,26)(H,22,23,24). The number of nitrogens with one attached hydrogen (secondary N) is 2. The van der Waals surface area contributed by atoms with E-state index < -0.39 is 0 Å². The second-order valence-corrected chi connectivity index (χ2v) is 6.67. The number of carbonyl (C=O) groups excluding carboxylic acids is 1. The van der Waals surface area contributed by atoms with Crippen molar-refractivity contribution >= 4 is 17.4 Å². The molecule has 26 heavy (non-hydrogen) atoms. The molecule has 1 heterocycles. The minimum atomic E-state index is -0.156. The lowest BCUT2D eigenvalue weighted by Crippen LogP contribution is -2.35. The Bertz CT molecular complexity index is 819. The Kier molecular flexibility index (Phi) is 5.80. The summed E-state index contributed by atoms with van der Waals surface area (Å²) in [6.45, 7) is 1.76. The molecule has 1 saturated carbocycles. The third kappa shape index (κ3) is 4.79. The lowest BCUT2D eigenvalue weighted by molar-refractivity contribution is 0.0928. The van der Waals surface area contributed by atoms with Crippen LogP contribution in [-0.2, 0) is 0 Å². The highest BCUT2D eigenvalue weighted by Gasteiger charge is 2.17. The molecular weight excluding hydrogens is 326 g/mol. The Balaban J connectivity index is 1.74. The summed E-state index contributed by atoms with van der Waals surface area (Å²) in [7, 11) is 0. The van der Waals surface area contributed by atoms with Crippen LogP contribution in [0, 0.1) is 18.3 Å². The third-order valence-electron chi connectivity index (χ3n) is 4.53. The molecule has 1 aliphatic rings. The number of anilines is 2. The Labute approximate surface area is 153 Å². The molecular formula is C20H23N5O. The first-order chi connectivity index (χ1) is 12.6. The first kappa shape index (κ1) is 17.9. The molecule has 0 saturated heterocycles. The molecule has 1 amide bonds. The van der Waals surface area contributed by atoms with E-state index in [9.17, 15) is 4.79 Å². The fourth-order valence-electron chi connectivity index (χ4n) is 3.25. The van der Waals surface area contributed by atoms with Gasteiger partial charge in [0.05, 0.1) is 11.6 Å². The summed E-state index contributed by atoms with van der Waals surface area (Å²) in [6.07, 6.45) is 6.87. The zero-order valence-corrected chi connectivity index (χ0v) is 15.0. The molecule has 1 fully saturated rings. The van der Waals surface area contributed by atoms with Gasteiger partial charge in [0.2, 0.25) is 0 Å². The highest BCUT2D eigenvalue weighted by Crippen LogP contribution is 2.19. The van der Waals surface area contributed by atoms with Gasteiger partial charge in [-0.2, -0.15) is 5.26 Å². The van der Waals surface area contributed by atoms with E-state index in [0.29, 0.717) is 22.9 Å². The Morgan fingerprint density at radius 1 is 1.15 bits per heavy atom. The maximum atomic E-state index is 12.6. The van der Waals surface area contributed by atoms with Crippen LogP contribution >= 0.6 is 0 Å². The highest BCUT2D eigenvalue weighted by atomic mass is 16.1. The Morgan fingerprint density at radius 3 is 2.65 bits per heavy atom. The Hall–Kier alpha value is -2.94. The fourth-order valence-corrected chi connectivity index (χ4v) is 3.25. The van der Waals surface area contributed by atoms with Gasteiger partial charge in [0.25, 0.3) is 5.91 Å². The molecule has 1 aliphatic carbocycles. The van der Waals surface area contributed by atoms with E-state index in [4.69, 9.17) is 5.26 Å². The van der Waals surface area contributed by atoms with Gasteiger partial charge < -0.3 is 10.6 Å². The number of aromatic nitrogens is 2. The predicted octanol–water partition coefficient (Wildman–Crippen LogP) is 3.85. The smallest absolute Gasteiger partial charge is 0.270 e. The number of aryl methyl sites for hydroxylation is 1. The monoisotopic (exact) mass is 349 g/mol. The molecule has 1 aromatic heterocycles. The zero-order chi connectivity index (χ0) is 18.4. The number of nitrogens with zero attached hydrogens (tertiary/aromatic N) is 3. The molecule has 0 aliphatic heterocycles. The summed E-state index contributed by atoms with van der Waals surface area (Å²) in [4.78, 5) is 21.2. The zero-order valence-electron chi connectivity index (χ0n) is 15.0. The van der Waals surface area contributed by atoms with Gasteiger partial charge in [-0.15, -0.1) is 0 Å². The van der Waals surface area contributed by atoms with Crippen LogP contribution in [0.25, 0.3) is 0 Å². The number of hydrogen-bond acceptors (Lipinski definition) is 5. The summed E-state index contributed by atoms with van der Waals surface area (Å²) < 4.78 is 0. The van der Waals surface area contributed by atoms with Crippen LogP contribution in [0.15, 0.2) is 30.3 Å². The van der Waals surface area contributed by atoms with Crippen LogP contribution in [-0.4, -0.2) is 21.9 Å². The molecule has 2 aromatic rings. The van der Waals surface area contributed by atoms with Crippen molar-refractivity contribution < 1.29 is 4.79 Å². The van der Waals surface area contributed by atoms with Gasteiger partial charge in [-0.3, -0.25) is 4.79 Å². The van der Waals surface area contributed by atoms with Crippen LogP contribution < -0.4 is 10.6 Å². The van der Waals surface area contributed by atoms with E-state index >= 15 is 0 Å². The molecule has 3 rings (SSSR count). The molecule has 6 nitrogen and oxygen atoms in total. The van der Waals surface area contributed by atoms with Crippen molar-refractivity contribution in [2.75, 3.05) is 5.32 Å². The SMILES string of the molecule is Cc1nc(Nc2cccc(C#N)c2)cc(C(=O)NC2CCCCCC2)n1. The van der Waals surface area contributed by atoms with E-state index in [2.05, 4.69) is 26.7 Å². The average Bonchev–Trinajstić information content (AvgIpc) is 2.90. The largest absolute Gasteiger partial charge is 0.348 e. The van der Waals surface area contributed by atoms with Gasteiger partial charge in [0, 0.05) is 17.8 Å². The quantitative estimate of drug-likeness (QED) is 0.818. The van der Waals surface area contributed by atoms with Gasteiger partial charge >= 0.3 is 0 Å². The average molecular weight is 349 g/mol. The first-order valence-corrected chi connectivity index (χ1v) is 9.08. The topological polar surface area (TPSA) is 90.7 Å². The number of benzene rings is 1. The summed E-state index contributed by atoms with van der Waals surface area (Å²) in [5.41, 5.74) is 1.67. The number of carbonyl (C=O) groups is 1. The summed E-state index contributed by atoms with van der Waals surface area (Å²) in [6, 6.07) is 11.1. The fraction of sp³-hybridized carbons (Fsp3) is 0.400. The molecule has 134 valence electrons. The van der Waals surface area contributed by atoms with E-state index in [1.165, 1.54) is 12.8 Å². The lowest BCUT2D eigenvalue weighted by Gasteiger charge is -2.16. The molecule has 0 spiro atoms. The van der Waals surface area contributed by atoms with Crippen molar-refractivity contribution in [2.45, 2.75) is 51.5 Å². The number of rotatable bonds is 4. The maximum Gasteiger partial charge on any atom is 0.270 e. The van der Waals surface area contributed by atoms with Crippen molar-refractivity contribution in [1.82, 2.24) is 15.3 Å². The van der Waals surface area contributed by atoms with Crippen molar-refractivity contribution in [1.29, 1.82) is 5.26 Å². The van der Waals surface area contributed by atoms with Crippen molar-refractivity contribution in [3.63, 3.8) is 0 Å². The Morgan fingerprint density at radius 2 is 1.92 bits per heavy atom. The second kappa shape index (κ2) is 8.43. The van der Waals surface area contributed by atoms with Crippen LogP contribution in [0.4, 0.5) is 11.5 Å². The van der Waals surface area contributed by atoms with Gasteiger partial charge in [-0.25, -0.2) is 9.97 Å². The molecule has 6 heteroatoms. The maximum absolute atomic E-state index is 12.6. The van der Waals surface area contributed by atoms with Crippen LogP contribution in [0.5, 0.6) is 0 Å². The third-order valence-corrected chi connectivity index (χ3v) is 4.53. The van der Waals surface area contributed by atoms with Crippen molar-refractivity contribution in [2.24, 2.45) is 0 Å². The molecule has 1 aromatic carbocycles. The van der Waals surface area contributed by atoms with Crippen LogP contribution in [0.3, 0.4) is 0 Å². The summed E-state index contributed by atoms with van der Waals surface area (Å²) in [5.74, 6) is 0.910. The van der Waals surface area contributed by atoms with E-state index in [0.717, 1.165) is 31.4 Å². The normalized spacial score (nSPS) is 14.9. The minimum Gasteiger partial charge on any atom is -0.348 e. The number of hydrogen-bond donors (Lipinski definition) is 2. The molecule has 2 N–H and O–H groups in total. The minimum absolute atomic E-state index is 0.156. The molecule has 0 unspecified atom stereocenters. The summed E-state index contributed by atoms with van der Waals surface area (Å²) >= 11 is 0. The van der Waals surface area contributed by atoms with Crippen LogP contribution in [0.1, 0.15) is 60.4 Å². The number of amides is 1. The molecule has 0 atom stereocenters. The number of nitriles is 1. The lowest BCUT2D eigenvalue weighted by atomic mass is 10.1. The van der Waals surface area contributed by atoms with Crippen molar-refractivity contribution in [3.8, 4) is 6.07 Å². The summed E-state index contributed by atoms with van der Waals surface area (Å²) in [5, 5.41) is 15.3. The first-order valence-electron chi connectivity index (χ1n) is 9.08. The van der Waals surface area contributed by atoms with Gasteiger partial charge in [0.1, 0.15) is 17.3 Å². The molecule has 0 radical (unpaired) electrons. The van der Waals surface area contributed by atoms with Crippen molar-refractivity contribution in [3.05, 3.63) is 47.4 Å². The van der Waals surface area contributed by atoms with Gasteiger partial charge in [-0.1, -0.05) is 31.7 Å². The van der Waals surface area contributed by atoms with Gasteiger partial charge in [-0.05, 0) is 38.0 Å².